The number of methoxy groups -OCH3 is 1. The first kappa shape index (κ1) is 16.0. The van der Waals surface area contributed by atoms with Gasteiger partial charge >= 0.3 is 5.97 Å². The van der Waals surface area contributed by atoms with Crippen LogP contribution >= 0.6 is 0 Å². The Balaban J connectivity index is 1.80. The molecule has 2 N–H and O–H groups in total. The van der Waals surface area contributed by atoms with Gasteiger partial charge in [-0.05, 0) is 24.5 Å². The SMILES string of the molecule is COc1cn(-c2ccccc2)nc1C(=O)NC(CC1CC1)C(=O)O. The number of nitrogens with zero attached hydrogens (tertiary/aromatic N) is 2. The molecule has 1 aromatic carbocycles. The summed E-state index contributed by atoms with van der Waals surface area (Å²) in [5.41, 5.74) is 0.853. The van der Waals surface area contributed by atoms with Gasteiger partial charge in [0.25, 0.3) is 5.91 Å². The van der Waals surface area contributed by atoms with E-state index in [-0.39, 0.29) is 5.69 Å². The maximum Gasteiger partial charge on any atom is 0.326 e. The average molecular weight is 329 g/mol. The van der Waals surface area contributed by atoms with Crippen molar-refractivity contribution in [2.24, 2.45) is 5.92 Å². The van der Waals surface area contributed by atoms with E-state index in [1.807, 2.05) is 30.3 Å². The molecule has 7 heteroatoms. The van der Waals surface area contributed by atoms with Crippen molar-refractivity contribution in [1.82, 2.24) is 15.1 Å². The number of carbonyl (C=O) groups is 2. The number of benzene rings is 1. The summed E-state index contributed by atoms with van der Waals surface area (Å²) < 4.78 is 6.74. The van der Waals surface area contributed by atoms with Crippen LogP contribution in [-0.4, -0.2) is 39.9 Å². The van der Waals surface area contributed by atoms with Gasteiger partial charge in [0.2, 0.25) is 0 Å². The second-order valence-corrected chi connectivity index (χ2v) is 5.87. The molecule has 1 aliphatic rings. The van der Waals surface area contributed by atoms with Gasteiger partial charge in [0, 0.05) is 0 Å². The molecule has 1 aliphatic carbocycles. The molecule has 3 rings (SSSR count). The number of carbonyl (C=O) groups excluding carboxylic acids is 1. The summed E-state index contributed by atoms with van der Waals surface area (Å²) in [7, 11) is 1.45. The maximum absolute atomic E-state index is 12.5. The molecular weight excluding hydrogens is 310 g/mol. The van der Waals surface area contributed by atoms with Crippen LogP contribution in [0.15, 0.2) is 36.5 Å². The lowest BCUT2D eigenvalue weighted by Gasteiger charge is -2.13. The van der Waals surface area contributed by atoms with Gasteiger partial charge in [0.05, 0.1) is 19.0 Å². The summed E-state index contributed by atoms with van der Waals surface area (Å²) in [5.74, 6) is -0.895. The third-order valence-corrected chi connectivity index (χ3v) is 4.01. The van der Waals surface area contributed by atoms with Crippen molar-refractivity contribution in [3.8, 4) is 11.4 Å². The molecule has 24 heavy (non-hydrogen) atoms. The monoisotopic (exact) mass is 329 g/mol. The molecule has 0 radical (unpaired) electrons. The minimum atomic E-state index is -1.03. The minimum absolute atomic E-state index is 0.0726. The van der Waals surface area contributed by atoms with Crippen molar-refractivity contribution in [2.75, 3.05) is 7.11 Å². The molecule has 0 saturated heterocycles. The van der Waals surface area contributed by atoms with Crippen molar-refractivity contribution in [2.45, 2.75) is 25.3 Å². The highest BCUT2D eigenvalue weighted by Gasteiger charge is 2.31. The lowest BCUT2D eigenvalue weighted by Crippen LogP contribution is -2.41. The highest BCUT2D eigenvalue weighted by molar-refractivity contribution is 5.97. The number of rotatable bonds is 7. The molecule has 1 atom stereocenters. The van der Waals surface area contributed by atoms with Crippen molar-refractivity contribution in [1.29, 1.82) is 0 Å². The van der Waals surface area contributed by atoms with Gasteiger partial charge in [0.15, 0.2) is 11.4 Å². The van der Waals surface area contributed by atoms with Gasteiger partial charge in [-0.2, -0.15) is 5.10 Å². The van der Waals surface area contributed by atoms with Crippen LogP contribution in [-0.2, 0) is 4.79 Å². The van der Waals surface area contributed by atoms with E-state index in [9.17, 15) is 14.7 Å². The first-order chi connectivity index (χ1) is 11.6. The fraction of sp³-hybridized carbons (Fsp3) is 0.353. The first-order valence-electron chi connectivity index (χ1n) is 7.81. The molecular formula is C17H19N3O4. The molecule has 2 aromatic rings. The van der Waals surface area contributed by atoms with Crippen LogP contribution in [0.3, 0.4) is 0 Å². The van der Waals surface area contributed by atoms with E-state index in [2.05, 4.69) is 10.4 Å². The summed E-state index contributed by atoms with van der Waals surface area (Å²) in [5, 5.41) is 16.1. The fourth-order valence-electron chi connectivity index (χ4n) is 2.51. The average Bonchev–Trinajstić information content (AvgIpc) is 3.30. The van der Waals surface area contributed by atoms with Crippen molar-refractivity contribution >= 4 is 11.9 Å². The maximum atomic E-state index is 12.5. The summed E-state index contributed by atoms with van der Waals surface area (Å²) in [6.45, 7) is 0. The quantitative estimate of drug-likeness (QED) is 0.809. The third-order valence-electron chi connectivity index (χ3n) is 4.01. The number of amides is 1. The highest BCUT2D eigenvalue weighted by Crippen LogP contribution is 2.33. The number of aliphatic carboxylic acids is 1. The van der Waals surface area contributed by atoms with Crippen molar-refractivity contribution in [3.63, 3.8) is 0 Å². The normalized spacial score (nSPS) is 14.9. The zero-order valence-corrected chi connectivity index (χ0v) is 13.3. The Morgan fingerprint density at radius 1 is 1.38 bits per heavy atom. The van der Waals surface area contributed by atoms with E-state index in [4.69, 9.17) is 4.74 Å². The Bertz CT molecular complexity index is 738. The molecule has 1 fully saturated rings. The molecule has 0 spiro atoms. The summed E-state index contributed by atoms with van der Waals surface area (Å²) >= 11 is 0. The van der Waals surface area contributed by atoms with E-state index in [1.54, 1.807) is 6.20 Å². The van der Waals surface area contributed by atoms with Crippen molar-refractivity contribution < 1.29 is 19.4 Å². The molecule has 1 aromatic heterocycles. The van der Waals surface area contributed by atoms with E-state index in [1.165, 1.54) is 11.8 Å². The third kappa shape index (κ3) is 3.56. The Labute approximate surface area is 139 Å². The van der Waals surface area contributed by atoms with E-state index >= 15 is 0 Å². The fourth-order valence-corrected chi connectivity index (χ4v) is 2.51. The zero-order chi connectivity index (χ0) is 17.1. The topological polar surface area (TPSA) is 93.5 Å². The van der Waals surface area contributed by atoms with Crippen LogP contribution in [0.5, 0.6) is 5.75 Å². The molecule has 1 amide bonds. The van der Waals surface area contributed by atoms with Crippen LogP contribution in [0.1, 0.15) is 29.8 Å². The van der Waals surface area contributed by atoms with Crippen LogP contribution in [0.4, 0.5) is 0 Å². The number of aromatic nitrogens is 2. The Hall–Kier alpha value is -2.83. The largest absolute Gasteiger partial charge is 0.493 e. The molecule has 0 aliphatic heterocycles. The predicted molar refractivity (Wildman–Crippen MR) is 86.3 cm³/mol. The molecule has 1 saturated carbocycles. The van der Waals surface area contributed by atoms with Gasteiger partial charge in [-0.25, -0.2) is 9.48 Å². The van der Waals surface area contributed by atoms with Crippen molar-refractivity contribution in [3.05, 3.63) is 42.2 Å². The molecule has 126 valence electrons. The molecule has 1 heterocycles. The first-order valence-corrected chi connectivity index (χ1v) is 7.81. The molecule has 7 nitrogen and oxygen atoms in total. The van der Waals surface area contributed by atoms with E-state index in [0.717, 1.165) is 18.5 Å². The number of para-hydroxylation sites is 1. The van der Waals surface area contributed by atoms with Gasteiger partial charge in [-0.15, -0.1) is 0 Å². The van der Waals surface area contributed by atoms with Gasteiger partial charge in [0.1, 0.15) is 6.04 Å². The Kier molecular flexibility index (Phi) is 4.50. The standard InChI is InChI=1S/C17H19N3O4/c1-24-14-10-20(12-5-3-2-4-6-12)19-15(14)16(21)18-13(17(22)23)9-11-7-8-11/h2-6,10-11,13H,7-9H2,1H3,(H,18,21)(H,22,23). The van der Waals surface area contributed by atoms with Gasteiger partial charge in [-0.1, -0.05) is 31.0 Å². The number of nitrogens with one attached hydrogen (secondary N) is 1. The summed E-state index contributed by atoms with van der Waals surface area (Å²) in [6, 6.07) is 8.39. The minimum Gasteiger partial charge on any atom is -0.493 e. The van der Waals surface area contributed by atoms with Gasteiger partial charge in [-0.3, -0.25) is 4.79 Å². The lowest BCUT2D eigenvalue weighted by atomic mass is 10.1. The van der Waals surface area contributed by atoms with Crippen LogP contribution in [0.2, 0.25) is 0 Å². The number of carboxylic acid groups (broad SMARTS) is 1. The van der Waals surface area contributed by atoms with E-state index < -0.39 is 17.9 Å². The van der Waals surface area contributed by atoms with Crippen LogP contribution < -0.4 is 10.1 Å². The Morgan fingerprint density at radius 3 is 2.67 bits per heavy atom. The molecule has 1 unspecified atom stereocenters. The second-order valence-electron chi connectivity index (χ2n) is 5.87. The number of hydrogen-bond acceptors (Lipinski definition) is 4. The summed E-state index contributed by atoms with van der Waals surface area (Å²) in [6.07, 6.45) is 4.08. The predicted octanol–water partition coefficient (Wildman–Crippen LogP) is 1.86. The second kappa shape index (κ2) is 6.74. The smallest absolute Gasteiger partial charge is 0.326 e. The Morgan fingerprint density at radius 2 is 2.08 bits per heavy atom. The number of carboxylic acids is 1. The number of hydrogen-bond donors (Lipinski definition) is 2. The van der Waals surface area contributed by atoms with Crippen LogP contribution in [0.25, 0.3) is 5.69 Å². The number of ether oxygens (including phenoxy) is 1. The zero-order valence-electron chi connectivity index (χ0n) is 13.3. The van der Waals surface area contributed by atoms with Crippen LogP contribution in [0, 0.1) is 5.92 Å². The van der Waals surface area contributed by atoms with E-state index in [0.29, 0.717) is 18.1 Å². The highest BCUT2D eigenvalue weighted by atomic mass is 16.5. The lowest BCUT2D eigenvalue weighted by molar-refractivity contribution is -0.139. The summed E-state index contributed by atoms with van der Waals surface area (Å²) in [4.78, 5) is 23.8. The van der Waals surface area contributed by atoms with Gasteiger partial charge < -0.3 is 15.2 Å². The molecule has 0 bridgehead atoms.